The zero-order chi connectivity index (χ0) is 15.9. The van der Waals surface area contributed by atoms with Gasteiger partial charge in [-0.1, -0.05) is 0 Å². The number of hydrogen-bond donors (Lipinski definition) is 1. The van der Waals surface area contributed by atoms with Crippen molar-refractivity contribution in [2.24, 2.45) is 0 Å². The lowest BCUT2D eigenvalue weighted by molar-refractivity contribution is -0.174. The predicted octanol–water partition coefficient (Wildman–Crippen LogP) is 2.61. The Labute approximate surface area is 120 Å². The minimum Gasteiger partial charge on any atom is -0.493 e. The molecule has 1 aromatic rings. The van der Waals surface area contributed by atoms with E-state index in [9.17, 15) is 18.0 Å². The number of rotatable bonds is 7. The molecule has 0 bridgehead atoms. The summed E-state index contributed by atoms with van der Waals surface area (Å²) in [7, 11) is 2.93. The van der Waals surface area contributed by atoms with E-state index in [2.05, 4.69) is 10.1 Å². The van der Waals surface area contributed by atoms with E-state index < -0.39 is 18.7 Å². The summed E-state index contributed by atoms with van der Waals surface area (Å²) in [5, 5.41) is 2.53. The van der Waals surface area contributed by atoms with Gasteiger partial charge in [0.25, 0.3) is 0 Å². The molecule has 5 nitrogen and oxygen atoms in total. The molecule has 0 unspecified atom stereocenters. The Hall–Kier alpha value is -1.96. The summed E-state index contributed by atoms with van der Waals surface area (Å²) >= 11 is 0. The molecule has 0 radical (unpaired) electrons. The van der Waals surface area contributed by atoms with Crippen molar-refractivity contribution in [3.8, 4) is 11.5 Å². The fourth-order valence-corrected chi connectivity index (χ4v) is 1.49. The van der Waals surface area contributed by atoms with Gasteiger partial charge in [-0.3, -0.25) is 4.79 Å². The zero-order valence-corrected chi connectivity index (χ0v) is 11.6. The second-order valence-electron chi connectivity index (χ2n) is 4.04. The number of ether oxygens (including phenoxy) is 3. The molecule has 1 rings (SSSR count). The van der Waals surface area contributed by atoms with Gasteiger partial charge in [-0.05, 0) is 12.1 Å². The second kappa shape index (κ2) is 7.72. The Kier molecular flexibility index (Phi) is 6.29. The smallest absolute Gasteiger partial charge is 0.411 e. The van der Waals surface area contributed by atoms with Gasteiger partial charge in [0, 0.05) is 11.8 Å². The van der Waals surface area contributed by atoms with Crippen molar-refractivity contribution in [2.45, 2.75) is 12.6 Å². The van der Waals surface area contributed by atoms with Crippen molar-refractivity contribution in [3.63, 3.8) is 0 Å². The summed E-state index contributed by atoms with van der Waals surface area (Å²) in [6.45, 7) is -1.67. The largest absolute Gasteiger partial charge is 0.493 e. The highest BCUT2D eigenvalue weighted by Crippen LogP contribution is 2.29. The van der Waals surface area contributed by atoms with E-state index in [4.69, 9.17) is 9.47 Å². The molecule has 8 heteroatoms. The van der Waals surface area contributed by atoms with E-state index in [0.717, 1.165) is 0 Å². The highest BCUT2D eigenvalue weighted by Gasteiger charge is 2.27. The fraction of sp³-hybridized carbons (Fsp3) is 0.462. The maximum Gasteiger partial charge on any atom is 0.411 e. The number of alkyl halides is 3. The first kappa shape index (κ1) is 17.1. The molecule has 0 saturated heterocycles. The van der Waals surface area contributed by atoms with Crippen LogP contribution in [0.5, 0.6) is 11.5 Å². The summed E-state index contributed by atoms with van der Waals surface area (Å²) in [5.74, 6) is 0.483. The molecule has 0 fully saturated rings. The first-order valence-corrected chi connectivity index (χ1v) is 6.02. The van der Waals surface area contributed by atoms with Crippen LogP contribution in [0.15, 0.2) is 18.2 Å². The van der Waals surface area contributed by atoms with Gasteiger partial charge in [0.05, 0.1) is 27.2 Å². The Balaban J connectivity index is 2.44. The first-order valence-electron chi connectivity index (χ1n) is 6.02. The summed E-state index contributed by atoms with van der Waals surface area (Å²) in [6, 6.07) is 4.75. The minimum atomic E-state index is -4.39. The molecular weight excluding hydrogens is 291 g/mol. The molecule has 118 valence electrons. The lowest BCUT2D eigenvalue weighted by Gasteiger charge is -2.11. The fourth-order valence-electron chi connectivity index (χ4n) is 1.49. The lowest BCUT2D eigenvalue weighted by Crippen LogP contribution is -2.20. The lowest BCUT2D eigenvalue weighted by atomic mass is 10.2. The molecule has 0 saturated carbocycles. The van der Waals surface area contributed by atoms with Crippen molar-refractivity contribution in [1.29, 1.82) is 0 Å². The van der Waals surface area contributed by atoms with Crippen molar-refractivity contribution in [3.05, 3.63) is 18.2 Å². The second-order valence-corrected chi connectivity index (χ2v) is 4.04. The molecule has 0 aliphatic heterocycles. The number of amides is 1. The number of carbonyl (C=O) groups excluding carboxylic acids is 1. The third kappa shape index (κ3) is 6.35. The number of carbonyl (C=O) groups is 1. The number of anilines is 1. The van der Waals surface area contributed by atoms with Gasteiger partial charge in [-0.15, -0.1) is 0 Å². The first-order chi connectivity index (χ1) is 9.85. The minimum absolute atomic E-state index is 0.176. The monoisotopic (exact) mass is 307 g/mol. The Morgan fingerprint density at radius 1 is 1.19 bits per heavy atom. The van der Waals surface area contributed by atoms with Crippen LogP contribution in [-0.2, 0) is 9.53 Å². The van der Waals surface area contributed by atoms with Crippen LogP contribution in [0.2, 0.25) is 0 Å². The van der Waals surface area contributed by atoms with Gasteiger partial charge in [-0.25, -0.2) is 0 Å². The van der Waals surface area contributed by atoms with Crippen LogP contribution in [0.3, 0.4) is 0 Å². The van der Waals surface area contributed by atoms with Gasteiger partial charge in [0.2, 0.25) is 5.91 Å². The number of nitrogens with one attached hydrogen (secondary N) is 1. The van der Waals surface area contributed by atoms with Crippen LogP contribution in [0, 0.1) is 0 Å². The summed E-state index contributed by atoms with van der Waals surface area (Å²) < 4.78 is 50.0. The van der Waals surface area contributed by atoms with E-state index in [1.165, 1.54) is 14.2 Å². The highest BCUT2D eigenvalue weighted by molar-refractivity contribution is 5.91. The maximum absolute atomic E-state index is 11.8. The number of methoxy groups -OCH3 is 2. The standard InChI is InChI=1S/C13H16F3NO4/c1-19-10-4-3-9(7-11(10)20-2)17-12(18)5-6-21-8-13(14,15)16/h3-4,7H,5-6,8H2,1-2H3,(H,17,18). The summed E-state index contributed by atoms with van der Waals surface area (Å²) in [4.78, 5) is 11.5. The third-order valence-electron chi connectivity index (χ3n) is 2.41. The average Bonchev–Trinajstić information content (AvgIpc) is 2.42. The molecule has 1 N–H and O–H groups in total. The van der Waals surface area contributed by atoms with E-state index in [0.29, 0.717) is 17.2 Å². The molecule has 0 spiro atoms. The molecule has 0 atom stereocenters. The van der Waals surface area contributed by atoms with Crippen molar-refractivity contribution < 1.29 is 32.2 Å². The molecule has 0 heterocycles. The Bertz CT molecular complexity index is 477. The molecule has 21 heavy (non-hydrogen) atoms. The van der Waals surface area contributed by atoms with Crippen LogP contribution >= 0.6 is 0 Å². The van der Waals surface area contributed by atoms with Crippen molar-refractivity contribution >= 4 is 11.6 Å². The number of hydrogen-bond acceptors (Lipinski definition) is 4. The van der Waals surface area contributed by atoms with E-state index in [1.54, 1.807) is 18.2 Å². The number of halogens is 3. The summed E-state index contributed by atoms with van der Waals surface area (Å²) in [6.07, 6.45) is -4.57. The highest BCUT2D eigenvalue weighted by atomic mass is 19.4. The third-order valence-corrected chi connectivity index (χ3v) is 2.41. The van der Waals surface area contributed by atoms with Crippen LogP contribution in [-0.4, -0.2) is 39.5 Å². The van der Waals surface area contributed by atoms with E-state index in [1.807, 2.05) is 0 Å². The molecule has 0 aliphatic rings. The maximum atomic E-state index is 11.8. The van der Waals surface area contributed by atoms with Crippen LogP contribution in [0.4, 0.5) is 18.9 Å². The predicted molar refractivity (Wildman–Crippen MR) is 69.7 cm³/mol. The van der Waals surface area contributed by atoms with Crippen LogP contribution in [0.1, 0.15) is 6.42 Å². The quantitative estimate of drug-likeness (QED) is 0.787. The van der Waals surface area contributed by atoms with Gasteiger partial charge in [-0.2, -0.15) is 13.2 Å². The molecule has 0 aliphatic carbocycles. The average molecular weight is 307 g/mol. The van der Waals surface area contributed by atoms with Crippen molar-refractivity contribution in [2.75, 3.05) is 32.8 Å². The van der Waals surface area contributed by atoms with Crippen LogP contribution in [0.25, 0.3) is 0 Å². The molecule has 1 aromatic carbocycles. The van der Waals surface area contributed by atoms with E-state index >= 15 is 0 Å². The van der Waals surface area contributed by atoms with Gasteiger partial charge < -0.3 is 19.5 Å². The van der Waals surface area contributed by atoms with Crippen molar-refractivity contribution in [1.82, 2.24) is 0 Å². The van der Waals surface area contributed by atoms with Gasteiger partial charge in [0.1, 0.15) is 6.61 Å². The SMILES string of the molecule is COc1ccc(NC(=O)CCOCC(F)(F)F)cc1OC. The topological polar surface area (TPSA) is 56.8 Å². The van der Waals surface area contributed by atoms with Gasteiger partial charge >= 0.3 is 6.18 Å². The molecule has 1 amide bonds. The number of benzene rings is 1. The Morgan fingerprint density at radius 2 is 1.86 bits per heavy atom. The molecule has 0 aromatic heterocycles. The summed E-state index contributed by atoms with van der Waals surface area (Å²) in [5.41, 5.74) is 0.452. The molecular formula is C13H16F3NO4. The van der Waals surface area contributed by atoms with Gasteiger partial charge in [0.15, 0.2) is 11.5 Å². The normalized spacial score (nSPS) is 11.1. The zero-order valence-electron chi connectivity index (χ0n) is 11.6. The van der Waals surface area contributed by atoms with E-state index in [-0.39, 0.29) is 13.0 Å². The van der Waals surface area contributed by atoms with Crippen LogP contribution < -0.4 is 14.8 Å². The Morgan fingerprint density at radius 3 is 2.43 bits per heavy atom.